The molecule has 0 atom stereocenters. The van der Waals surface area contributed by atoms with Gasteiger partial charge in [-0.25, -0.2) is 0 Å². The first-order valence-electron chi connectivity index (χ1n) is 10.4. The number of nitrogens with zero attached hydrogens (tertiary/aromatic N) is 1. The van der Waals surface area contributed by atoms with Crippen LogP contribution >= 0.6 is 0 Å². The van der Waals surface area contributed by atoms with Crippen LogP contribution in [0.1, 0.15) is 38.7 Å². The molecule has 0 bridgehead atoms. The Morgan fingerprint density at radius 2 is 1.69 bits per heavy atom. The van der Waals surface area contributed by atoms with Gasteiger partial charge in [-0.3, -0.25) is 9.59 Å². The van der Waals surface area contributed by atoms with Gasteiger partial charge in [-0.15, -0.1) is 0 Å². The summed E-state index contributed by atoms with van der Waals surface area (Å²) in [6, 6.07) is 17.7. The Morgan fingerprint density at radius 1 is 1.03 bits per heavy atom. The van der Waals surface area contributed by atoms with E-state index >= 15 is 0 Å². The van der Waals surface area contributed by atoms with E-state index in [0.29, 0.717) is 11.6 Å². The summed E-state index contributed by atoms with van der Waals surface area (Å²) in [5.41, 5.74) is 2.02. The molecule has 0 aromatic heterocycles. The molecule has 0 spiro atoms. The van der Waals surface area contributed by atoms with E-state index in [2.05, 4.69) is 29.6 Å². The normalized spacial score (nSPS) is 14.7. The van der Waals surface area contributed by atoms with Gasteiger partial charge in [0.05, 0.1) is 6.10 Å². The van der Waals surface area contributed by atoms with Gasteiger partial charge in [0, 0.05) is 18.8 Å². The minimum atomic E-state index is -0.279. The Labute approximate surface area is 173 Å². The largest absolute Gasteiger partial charge is 0.491 e. The Balaban J connectivity index is 1.41. The zero-order valence-electron chi connectivity index (χ0n) is 17.3. The van der Waals surface area contributed by atoms with Crippen LogP contribution in [0.3, 0.4) is 0 Å². The van der Waals surface area contributed by atoms with Gasteiger partial charge in [-0.1, -0.05) is 30.3 Å². The number of hydrogen-bond acceptors (Lipinski definition) is 3. The molecule has 1 aliphatic rings. The van der Waals surface area contributed by atoms with Crippen molar-refractivity contribution in [1.82, 2.24) is 4.90 Å². The zero-order valence-corrected chi connectivity index (χ0v) is 17.3. The average molecular weight is 395 g/mol. The van der Waals surface area contributed by atoms with E-state index in [-0.39, 0.29) is 24.3 Å². The number of piperidine rings is 1. The maximum absolute atomic E-state index is 12.5. The molecule has 5 nitrogen and oxygen atoms in total. The fraction of sp³-hybridized carbons (Fsp3) is 0.417. The van der Waals surface area contributed by atoms with Crippen LogP contribution in [0.15, 0.2) is 54.6 Å². The van der Waals surface area contributed by atoms with Crippen molar-refractivity contribution in [2.75, 3.05) is 18.4 Å². The van der Waals surface area contributed by atoms with Gasteiger partial charge < -0.3 is 15.0 Å². The number of carbonyl (C=O) groups is 2. The summed E-state index contributed by atoms with van der Waals surface area (Å²) in [4.78, 5) is 26.5. The van der Waals surface area contributed by atoms with Crippen LogP contribution in [0.5, 0.6) is 5.75 Å². The van der Waals surface area contributed by atoms with Crippen molar-refractivity contribution in [3.63, 3.8) is 0 Å². The fourth-order valence-electron chi connectivity index (χ4n) is 3.68. The number of benzene rings is 2. The van der Waals surface area contributed by atoms with E-state index in [9.17, 15) is 9.59 Å². The minimum Gasteiger partial charge on any atom is -0.491 e. The zero-order chi connectivity index (χ0) is 20.6. The molecule has 154 valence electrons. The lowest BCUT2D eigenvalue weighted by molar-refractivity contribution is -0.135. The van der Waals surface area contributed by atoms with Gasteiger partial charge in [0.25, 0.3) is 0 Å². The van der Waals surface area contributed by atoms with Crippen molar-refractivity contribution in [2.45, 2.75) is 45.6 Å². The highest BCUT2D eigenvalue weighted by Gasteiger charge is 2.24. The molecule has 1 heterocycles. The minimum absolute atomic E-state index is 0.0968. The van der Waals surface area contributed by atoms with Gasteiger partial charge in [-0.2, -0.15) is 0 Å². The maximum atomic E-state index is 12.5. The second kappa shape index (κ2) is 10.1. The van der Waals surface area contributed by atoms with Crippen molar-refractivity contribution in [2.24, 2.45) is 5.92 Å². The van der Waals surface area contributed by atoms with Crippen LogP contribution < -0.4 is 10.1 Å². The Kier molecular flexibility index (Phi) is 7.28. The van der Waals surface area contributed by atoms with Crippen molar-refractivity contribution >= 4 is 17.5 Å². The Bertz CT molecular complexity index is 795. The second-order valence-corrected chi connectivity index (χ2v) is 7.93. The molecule has 1 saturated heterocycles. The summed E-state index contributed by atoms with van der Waals surface area (Å²) in [6.45, 7) is 5.38. The highest BCUT2D eigenvalue weighted by Crippen LogP contribution is 2.22. The van der Waals surface area contributed by atoms with Crippen molar-refractivity contribution in [1.29, 1.82) is 0 Å². The smallest absolute Gasteiger partial charge is 0.233 e. The number of carbonyl (C=O) groups excluding carboxylic acids is 2. The van der Waals surface area contributed by atoms with Gasteiger partial charge in [0.1, 0.15) is 12.2 Å². The summed E-state index contributed by atoms with van der Waals surface area (Å²) in [7, 11) is 0. The summed E-state index contributed by atoms with van der Waals surface area (Å²) < 4.78 is 5.59. The number of amides is 2. The summed E-state index contributed by atoms with van der Waals surface area (Å²) in [5.74, 6) is 0.980. The van der Waals surface area contributed by atoms with Crippen LogP contribution in [-0.4, -0.2) is 35.9 Å². The van der Waals surface area contributed by atoms with E-state index in [0.717, 1.165) is 38.1 Å². The third-order valence-corrected chi connectivity index (χ3v) is 5.16. The summed E-state index contributed by atoms with van der Waals surface area (Å²) >= 11 is 0. The van der Waals surface area contributed by atoms with Crippen LogP contribution in [-0.2, 0) is 16.0 Å². The molecular formula is C24H30N2O3. The molecule has 1 fully saturated rings. The lowest BCUT2D eigenvalue weighted by Gasteiger charge is -2.32. The average Bonchev–Trinajstić information content (AvgIpc) is 2.70. The first-order valence-corrected chi connectivity index (χ1v) is 10.4. The molecule has 0 aliphatic carbocycles. The summed E-state index contributed by atoms with van der Waals surface area (Å²) in [6.07, 6.45) is 3.01. The Hall–Kier alpha value is -2.82. The third-order valence-electron chi connectivity index (χ3n) is 5.16. The monoisotopic (exact) mass is 394 g/mol. The number of hydrogen-bond donors (Lipinski definition) is 1. The van der Waals surface area contributed by atoms with Gasteiger partial charge in [-0.05, 0) is 68.9 Å². The van der Waals surface area contributed by atoms with Crippen LogP contribution in [0.4, 0.5) is 5.69 Å². The molecule has 29 heavy (non-hydrogen) atoms. The Morgan fingerprint density at radius 3 is 2.31 bits per heavy atom. The standard InChI is InChI=1S/C24H30N2O3/c1-18(2)29-22-10-8-21(9-11-22)25-23(27)17-24(28)26-14-12-20(13-15-26)16-19-6-4-3-5-7-19/h3-11,18,20H,12-17H2,1-2H3,(H,25,27). The number of ether oxygens (including phenoxy) is 1. The predicted molar refractivity (Wildman–Crippen MR) is 115 cm³/mol. The molecule has 2 aromatic carbocycles. The lowest BCUT2D eigenvalue weighted by atomic mass is 9.90. The van der Waals surface area contributed by atoms with Gasteiger partial charge >= 0.3 is 0 Å². The molecule has 5 heteroatoms. The molecule has 2 aromatic rings. The van der Waals surface area contributed by atoms with Crippen LogP contribution in [0, 0.1) is 5.92 Å². The maximum Gasteiger partial charge on any atom is 0.233 e. The van der Waals surface area contributed by atoms with Crippen molar-refractivity contribution in [3.05, 3.63) is 60.2 Å². The van der Waals surface area contributed by atoms with Crippen molar-refractivity contribution < 1.29 is 14.3 Å². The number of rotatable bonds is 7. The van der Waals surface area contributed by atoms with E-state index in [1.165, 1.54) is 5.56 Å². The first-order chi connectivity index (χ1) is 14.0. The van der Waals surface area contributed by atoms with E-state index < -0.39 is 0 Å². The van der Waals surface area contributed by atoms with Gasteiger partial charge in [0.2, 0.25) is 11.8 Å². The van der Waals surface area contributed by atoms with Crippen molar-refractivity contribution in [3.8, 4) is 5.75 Å². The van der Waals surface area contributed by atoms with Gasteiger partial charge in [0.15, 0.2) is 0 Å². The predicted octanol–water partition coefficient (Wildman–Crippen LogP) is 4.28. The molecule has 1 N–H and O–H groups in total. The van der Waals surface area contributed by atoms with Crippen LogP contribution in [0.2, 0.25) is 0 Å². The number of nitrogens with one attached hydrogen (secondary N) is 1. The molecule has 0 unspecified atom stereocenters. The molecule has 3 rings (SSSR count). The highest BCUT2D eigenvalue weighted by molar-refractivity contribution is 6.03. The third kappa shape index (κ3) is 6.63. The molecule has 1 aliphatic heterocycles. The second-order valence-electron chi connectivity index (χ2n) is 7.93. The SMILES string of the molecule is CC(C)Oc1ccc(NC(=O)CC(=O)N2CCC(Cc3ccccc3)CC2)cc1. The number of likely N-dealkylation sites (tertiary alicyclic amines) is 1. The topological polar surface area (TPSA) is 58.6 Å². The fourth-order valence-corrected chi connectivity index (χ4v) is 3.68. The summed E-state index contributed by atoms with van der Waals surface area (Å²) in [5, 5.41) is 2.79. The molecule has 2 amide bonds. The molecule has 0 radical (unpaired) electrons. The van der Waals surface area contributed by atoms with E-state index in [4.69, 9.17) is 4.74 Å². The molecule has 0 saturated carbocycles. The highest BCUT2D eigenvalue weighted by atomic mass is 16.5. The van der Waals surface area contributed by atoms with Crippen LogP contribution in [0.25, 0.3) is 0 Å². The van der Waals surface area contributed by atoms with E-state index in [1.54, 1.807) is 12.1 Å². The lowest BCUT2D eigenvalue weighted by Crippen LogP contribution is -2.40. The number of anilines is 1. The first kappa shape index (κ1) is 20.9. The molecular weight excluding hydrogens is 364 g/mol. The quantitative estimate of drug-likeness (QED) is 0.713. The van der Waals surface area contributed by atoms with E-state index in [1.807, 2.05) is 36.9 Å².